The monoisotopic (exact) mass is 272 g/mol. The Bertz CT molecular complexity index is 421. The third-order valence-corrected chi connectivity index (χ3v) is 2.94. The van der Waals surface area contributed by atoms with Gasteiger partial charge in [-0.2, -0.15) is 13.2 Å². The maximum Gasteiger partial charge on any atom is 0.403 e. The molecule has 1 N–H and O–H groups in total. The lowest BCUT2D eigenvalue weighted by molar-refractivity contribution is -0.157. The molecule has 1 aromatic rings. The number of nitrogens with one attached hydrogen (secondary N) is 1. The average Bonchev–Trinajstić information content (AvgIpc) is 2.39. The number of oxime groups is 1. The second kappa shape index (κ2) is 6.06. The highest BCUT2D eigenvalue weighted by molar-refractivity contribution is 5.86. The number of hydrogen-bond donors (Lipinski definition) is 1. The standard InChI is InChI=1S/C13H15F3N2O/c14-13(15,16)12-7-6-11(8-17-12)18-19-9-10-4-2-1-3-5-10/h1-5,12,17H,6-9H2. The molecule has 0 radical (unpaired) electrons. The van der Waals surface area contributed by atoms with Gasteiger partial charge < -0.3 is 10.2 Å². The summed E-state index contributed by atoms with van der Waals surface area (Å²) in [6.45, 7) is 0.450. The van der Waals surface area contributed by atoms with Crippen LogP contribution in [0.4, 0.5) is 13.2 Å². The second-order valence-electron chi connectivity index (χ2n) is 4.43. The van der Waals surface area contributed by atoms with Crippen molar-refractivity contribution in [1.29, 1.82) is 0 Å². The zero-order chi connectivity index (χ0) is 13.7. The fourth-order valence-electron chi connectivity index (χ4n) is 1.87. The number of hydrogen-bond acceptors (Lipinski definition) is 3. The number of piperidine rings is 1. The third kappa shape index (κ3) is 4.24. The van der Waals surface area contributed by atoms with Gasteiger partial charge in [-0.3, -0.25) is 0 Å². The SMILES string of the molecule is FC(F)(F)C1CCC(=NOCc2ccccc2)CN1. The Balaban J connectivity index is 1.77. The van der Waals surface area contributed by atoms with Gasteiger partial charge in [-0.25, -0.2) is 0 Å². The minimum absolute atomic E-state index is 0.0109. The minimum atomic E-state index is -4.18. The molecule has 1 aliphatic rings. The Hall–Kier alpha value is -1.56. The second-order valence-corrected chi connectivity index (χ2v) is 4.43. The van der Waals surface area contributed by atoms with Gasteiger partial charge in [0.05, 0.1) is 5.71 Å². The summed E-state index contributed by atoms with van der Waals surface area (Å²) in [7, 11) is 0. The van der Waals surface area contributed by atoms with E-state index in [0.717, 1.165) is 5.56 Å². The fraction of sp³-hybridized carbons (Fsp3) is 0.462. The first-order valence-corrected chi connectivity index (χ1v) is 6.07. The van der Waals surface area contributed by atoms with E-state index in [1.807, 2.05) is 30.3 Å². The van der Waals surface area contributed by atoms with Crippen LogP contribution in [-0.2, 0) is 11.4 Å². The molecule has 1 unspecified atom stereocenters. The molecule has 0 aromatic heterocycles. The van der Waals surface area contributed by atoms with Gasteiger partial charge in [-0.15, -0.1) is 0 Å². The van der Waals surface area contributed by atoms with E-state index < -0.39 is 12.2 Å². The van der Waals surface area contributed by atoms with Crippen molar-refractivity contribution in [3.63, 3.8) is 0 Å². The molecule has 1 saturated heterocycles. The summed E-state index contributed by atoms with van der Waals surface area (Å²) in [6.07, 6.45) is -3.86. The average molecular weight is 272 g/mol. The Morgan fingerprint density at radius 3 is 2.58 bits per heavy atom. The summed E-state index contributed by atoms with van der Waals surface area (Å²) in [5, 5.41) is 6.30. The Labute approximate surface area is 109 Å². The molecule has 1 atom stereocenters. The maximum absolute atomic E-state index is 12.4. The molecule has 0 spiro atoms. The molecule has 104 valence electrons. The van der Waals surface area contributed by atoms with Crippen molar-refractivity contribution in [2.24, 2.45) is 5.16 Å². The Kier molecular flexibility index (Phi) is 4.42. The van der Waals surface area contributed by atoms with E-state index >= 15 is 0 Å². The quantitative estimate of drug-likeness (QED) is 0.858. The molecule has 0 aliphatic carbocycles. The smallest absolute Gasteiger partial charge is 0.391 e. The third-order valence-electron chi connectivity index (χ3n) is 2.94. The van der Waals surface area contributed by atoms with Crippen molar-refractivity contribution < 1.29 is 18.0 Å². The number of halogens is 3. The van der Waals surface area contributed by atoms with Crippen LogP contribution in [0.5, 0.6) is 0 Å². The largest absolute Gasteiger partial charge is 0.403 e. The first-order valence-electron chi connectivity index (χ1n) is 6.07. The Morgan fingerprint density at radius 1 is 1.26 bits per heavy atom. The lowest BCUT2D eigenvalue weighted by Crippen LogP contribution is -2.48. The van der Waals surface area contributed by atoms with Crippen molar-refractivity contribution in [2.75, 3.05) is 6.54 Å². The molecule has 1 fully saturated rings. The minimum Gasteiger partial charge on any atom is -0.391 e. The molecule has 3 nitrogen and oxygen atoms in total. The number of rotatable bonds is 3. The molecular weight excluding hydrogens is 257 g/mol. The van der Waals surface area contributed by atoms with Gasteiger partial charge in [0.15, 0.2) is 0 Å². The number of alkyl halides is 3. The zero-order valence-electron chi connectivity index (χ0n) is 10.3. The molecule has 1 aliphatic heterocycles. The van der Waals surface area contributed by atoms with Crippen LogP contribution in [0.25, 0.3) is 0 Å². The highest BCUT2D eigenvalue weighted by Gasteiger charge is 2.40. The van der Waals surface area contributed by atoms with Crippen LogP contribution in [0.1, 0.15) is 18.4 Å². The Morgan fingerprint density at radius 2 is 2.00 bits per heavy atom. The van der Waals surface area contributed by atoms with Crippen molar-refractivity contribution in [3.8, 4) is 0 Å². The van der Waals surface area contributed by atoms with Gasteiger partial charge in [0.2, 0.25) is 0 Å². The summed E-state index contributed by atoms with van der Waals surface area (Å²) in [5.41, 5.74) is 1.60. The van der Waals surface area contributed by atoms with Crippen molar-refractivity contribution in [1.82, 2.24) is 5.32 Å². The molecule has 0 saturated carbocycles. The number of nitrogens with zero attached hydrogens (tertiary/aromatic N) is 1. The van der Waals surface area contributed by atoms with Gasteiger partial charge in [0.1, 0.15) is 12.6 Å². The van der Waals surface area contributed by atoms with Gasteiger partial charge in [-0.05, 0) is 18.4 Å². The van der Waals surface area contributed by atoms with Gasteiger partial charge >= 0.3 is 6.18 Å². The van der Waals surface area contributed by atoms with E-state index in [1.54, 1.807) is 0 Å². The van der Waals surface area contributed by atoms with Crippen LogP contribution in [0.15, 0.2) is 35.5 Å². The van der Waals surface area contributed by atoms with Gasteiger partial charge in [-0.1, -0.05) is 35.5 Å². The molecule has 1 aromatic carbocycles. The maximum atomic E-state index is 12.4. The summed E-state index contributed by atoms with van der Waals surface area (Å²) in [4.78, 5) is 5.15. The molecule has 1 heterocycles. The van der Waals surface area contributed by atoms with E-state index in [1.165, 1.54) is 0 Å². The van der Waals surface area contributed by atoms with Gasteiger partial charge in [0.25, 0.3) is 0 Å². The van der Waals surface area contributed by atoms with E-state index in [0.29, 0.717) is 18.7 Å². The summed E-state index contributed by atoms with van der Waals surface area (Å²) >= 11 is 0. The lowest BCUT2D eigenvalue weighted by Gasteiger charge is -2.26. The summed E-state index contributed by atoms with van der Waals surface area (Å²) in [6, 6.07) is 8.06. The zero-order valence-corrected chi connectivity index (χ0v) is 10.3. The molecule has 19 heavy (non-hydrogen) atoms. The predicted molar refractivity (Wildman–Crippen MR) is 65.7 cm³/mol. The highest BCUT2D eigenvalue weighted by Crippen LogP contribution is 2.25. The molecule has 0 bridgehead atoms. The van der Waals surface area contributed by atoms with E-state index in [2.05, 4.69) is 10.5 Å². The highest BCUT2D eigenvalue weighted by atomic mass is 19.4. The van der Waals surface area contributed by atoms with Crippen LogP contribution >= 0.6 is 0 Å². The van der Waals surface area contributed by atoms with Gasteiger partial charge in [0, 0.05) is 6.54 Å². The topological polar surface area (TPSA) is 33.6 Å². The predicted octanol–water partition coefficient (Wildman–Crippen LogP) is 2.87. The van der Waals surface area contributed by atoms with Crippen LogP contribution in [-0.4, -0.2) is 24.5 Å². The van der Waals surface area contributed by atoms with Crippen molar-refractivity contribution >= 4 is 5.71 Å². The van der Waals surface area contributed by atoms with Crippen molar-refractivity contribution in [3.05, 3.63) is 35.9 Å². The van der Waals surface area contributed by atoms with E-state index in [4.69, 9.17) is 4.84 Å². The van der Waals surface area contributed by atoms with E-state index in [-0.39, 0.29) is 13.0 Å². The van der Waals surface area contributed by atoms with Crippen LogP contribution < -0.4 is 5.32 Å². The number of benzene rings is 1. The van der Waals surface area contributed by atoms with E-state index in [9.17, 15) is 13.2 Å². The fourth-order valence-corrected chi connectivity index (χ4v) is 1.87. The first-order chi connectivity index (χ1) is 9.05. The molecule has 6 heteroatoms. The molecule has 0 amide bonds. The lowest BCUT2D eigenvalue weighted by atomic mass is 10.0. The summed E-state index contributed by atoms with van der Waals surface area (Å²) < 4.78 is 37.2. The summed E-state index contributed by atoms with van der Waals surface area (Å²) in [5.74, 6) is 0. The first kappa shape index (κ1) is 13.9. The van der Waals surface area contributed by atoms with Crippen LogP contribution in [0, 0.1) is 0 Å². The normalized spacial score (nSPS) is 22.5. The van der Waals surface area contributed by atoms with Crippen molar-refractivity contribution in [2.45, 2.75) is 31.7 Å². The molecular formula is C13H15F3N2O. The van der Waals surface area contributed by atoms with Crippen LogP contribution in [0.2, 0.25) is 0 Å². The van der Waals surface area contributed by atoms with Crippen LogP contribution in [0.3, 0.4) is 0 Å². The molecule has 2 rings (SSSR count).